The molecule has 0 fully saturated rings. The normalized spacial score (nSPS) is 11.1. The molecule has 0 radical (unpaired) electrons. The molecule has 0 bridgehead atoms. The summed E-state index contributed by atoms with van der Waals surface area (Å²) in [4.78, 5) is 4.60. The summed E-state index contributed by atoms with van der Waals surface area (Å²) in [6.07, 6.45) is 0. The Hall–Kier alpha value is -1.32. The molecule has 0 unspecified atom stereocenters. The SMILES string of the molecule is Cc1cccc(-n2c(CCl)nc3cc(Br)ccc32)c1. The molecule has 0 aliphatic carbocycles. The lowest BCUT2D eigenvalue weighted by Gasteiger charge is -2.08. The van der Waals surface area contributed by atoms with E-state index in [9.17, 15) is 0 Å². The predicted molar refractivity (Wildman–Crippen MR) is 83.1 cm³/mol. The molecule has 4 heteroatoms. The van der Waals surface area contributed by atoms with Crippen LogP contribution in [-0.4, -0.2) is 9.55 Å². The third-order valence-electron chi connectivity index (χ3n) is 3.07. The molecular weight excluding hydrogens is 324 g/mol. The summed E-state index contributed by atoms with van der Waals surface area (Å²) in [6, 6.07) is 14.4. The Morgan fingerprint density at radius 2 is 2.05 bits per heavy atom. The number of rotatable bonds is 2. The molecule has 0 N–H and O–H groups in total. The van der Waals surface area contributed by atoms with Crippen molar-refractivity contribution in [3.63, 3.8) is 0 Å². The first-order valence-corrected chi connectivity index (χ1v) is 7.31. The maximum Gasteiger partial charge on any atom is 0.129 e. The van der Waals surface area contributed by atoms with Gasteiger partial charge in [0.15, 0.2) is 0 Å². The fourth-order valence-corrected chi connectivity index (χ4v) is 2.78. The maximum absolute atomic E-state index is 6.04. The van der Waals surface area contributed by atoms with Crippen LogP contribution >= 0.6 is 27.5 Å². The van der Waals surface area contributed by atoms with Crippen LogP contribution in [0.3, 0.4) is 0 Å². The van der Waals surface area contributed by atoms with Gasteiger partial charge < -0.3 is 0 Å². The van der Waals surface area contributed by atoms with Gasteiger partial charge >= 0.3 is 0 Å². The van der Waals surface area contributed by atoms with Gasteiger partial charge in [0.2, 0.25) is 0 Å². The molecule has 2 nitrogen and oxygen atoms in total. The molecule has 0 spiro atoms. The topological polar surface area (TPSA) is 17.8 Å². The molecular formula is C15H12BrClN2. The van der Waals surface area contributed by atoms with E-state index in [2.05, 4.69) is 56.7 Å². The summed E-state index contributed by atoms with van der Waals surface area (Å²) >= 11 is 9.51. The van der Waals surface area contributed by atoms with Gasteiger partial charge in [0, 0.05) is 10.2 Å². The van der Waals surface area contributed by atoms with E-state index in [1.54, 1.807) is 0 Å². The highest BCUT2D eigenvalue weighted by molar-refractivity contribution is 9.10. The summed E-state index contributed by atoms with van der Waals surface area (Å²) < 4.78 is 3.14. The van der Waals surface area contributed by atoms with E-state index in [4.69, 9.17) is 11.6 Å². The third kappa shape index (κ3) is 2.28. The molecule has 19 heavy (non-hydrogen) atoms. The minimum Gasteiger partial charge on any atom is -0.295 e. The Labute approximate surface area is 125 Å². The fraction of sp³-hybridized carbons (Fsp3) is 0.133. The van der Waals surface area contributed by atoms with Crippen molar-refractivity contribution in [1.29, 1.82) is 0 Å². The Balaban J connectivity index is 2.32. The van der Waals surface area contributed by atoms with Crippen molar-refractivity contribution in [2.24, 2.45) is 0 Å². The molecule has 0 atom stereocenters. The zero-order valence-electron chi connectivity index (χ0n) is 10.4. The van der Waals surface area contributed by atoms with Crippen molar-refractivity contribution >= 4 is 38.6 Å². The van der Waals surface area contributed by atoms with Gasteiger partial charge in [-0.3, -0.25) is 4.57 Å². The first-order valence-electron chi connectivity index (χ1n) is 5.99. The first-order chi connectivity index (χ1) is 9.19. The van der Waals surface area contributed by atoms with E-state index in [0.717, 1.165) is 27.0 Å². The van der Waals surface area contributed by atoms with E-state index in [-0.39, 0.29) is 0 Å². The van der Waals surface area contributed by atoms with Crippen molar-refractivity contribution in [2.45, 2.75) is 12.8 Å². The van der Waals surface area contributed by atoms with E-state index in [1.165, 1.54) is 5.56 Å². The van der Waals surface area contributed by atoms with Gasteiger partial charge in [0.1, 0.15) is 5.82 Å². The number of benzene rings is 2. The van der Waals surface area contributed by atoms with Crippen LogP contribution in [-0.2, 0) is 5.88 Å². The second kappa shape index (κ2) is 4.99. The number of alkyl halides is 1. The molecule has 3 rings (SSSR count). The Morgan fingerprint density at radius 1 is 1.21 bits per heavy atom. The first kappa shape index (κ1) is 12.7. The smallest absolute Gasteiger partial charge is 0.129 e. The second-order valence-corrected chi connectivity index (χ2v) is 5.65. The van der Waals surface area contributed by atoms with Crippen LogP contribution in [0.15, 0.2) is 46.9 Å². The van der Waals surface area contributed by atoms with E-state index in [1.807, 2.05) is 18.2 Å². The number of hydrogen-bond donors (Lipinski definition) is 0. The van der Waals surface area contributed by atoms with Crippen LogP contribution < -0.4 is 0 Å². The molecule has 0 saturated heterocycles. The minimum atomic E-state index is 0.389. The average molecular weight is 336 g/mol. The van der Waals surface area contributed by atoms with Crippen molar-refractivity contribution in [3.05, 3.63) is 58.3 Å². The average Bonchev–Trinajstić information content (AvgIpc) is 2.76. The van der Waals surface area contributed by atoms with Crippen LogP contribution in [0.4, 0.5) is 0 Å². The fourth-order valence-electron chi connectivity index (χ4n) is 2.25. The predicted octanol–water partition coefficient (Wildman–Crippen LogP) is 4.84. The monoisotopic (exact) mass is 334 g/mol. The highest BCUT2D eigenvalue weighted by atomic mass is 79.9. The summed E-state index contributed by atoms with van der Waals surface area (Å²) in [5.74, 6) is 1.25. The van der Waals surface area contributed by atoms with Crippen LogP contribution in [0.5, 0.6) is 0 Å². The van der Waals surface area contributed by atoms with Gasteiger partial charge in [-0.1, -0.05) is 28.1 Å². The Kier molecular flexibility index (Phi) is 3.33. The maximum atomic E-state index is 6.04. The molecule has 0 saturated carbocycles. The lowest BCUT2D eigenvalue weighted by Crippen LogP contribution is -1.99. The number of fused-ring (bicyclic) bond motifs is 1. The van der Waals surface area contributed by atoms with Gasteiger partial charge in [0.05, 0.1) is 16.9 Å². The number of halogens is 2. The minimum absolute atomic E-state index is 0.389. The standard InChI is InChI=1S/C15H12BrClN2/c1-10-3-2-4-12(7-10)19-14-6-5-11(16)8-13(14)18-15(19)9-17/h2-8H,9H2,1H3. The van der Waals surface area contributed by atoms with Crippen molar-refractivity contribution in [1.82, 2.24) is 9.55 Å². The molecule has 2 aromatic carbocycles. The molecule has 1 aromatic heterocycles. The van der Waals surface area contributed by atoms with Crippen LogP contribution in [0.25, 0.3) is 16.7 Å². The number of hydrogen-bond acceptors (Lipinski definition) is 1. The molecule has 1 heterocycles. The number of aryl methyl sites for hydroxylation is 1. The highest BCUT2D eigenvalue weighted by Crippen LogP contribution is 2.25. The lowest BCUT2D eigenvalue weighted by atomic mass is 10.2. The summed E-state index contributed by atoms with van der Waals surface area (Å²) in [5, 5.41) is 0. The summed E-state index contributed by atoms with van der Waals surface area (Å²) in [7, 11) is 0. The highest BCUT2D eigenvalue weighted by Gasteiger charge is 2.11. The van der Waals surface area contributed by atoms with E-state index >= 15 is 0 Å². The van der Waals surface area contributed by atoms with Crippen LogP contribution in [0.2, 0.25) is 0 Å². The van der Waals surface area contributed by atoms with Gasteiger partial charge in [-0.05, 0) is 42.8 Å². The molecule has 0 amide bonds. The van der Waals surface area contributed by atoms with Gasteiger partial charge in [-0.15, -0.1) is 11.6 Å². The third-order valence-corrected chi connectivity index (χ3v) is 3.80. The Morgan fingerprint density at radius 3 is 2.79 bits per heavy atom. The molecule has 0 aliphatic rings. The summed E-state index contributed by atoms with van der Waals surface area (Å²) in [6.45, 7) is 2.08. The molecule has 3 aromatic rings. The van der Waals surface area contributed by atoms with Gasteiger partial charge in [-0.2, -0.15) is 0 Å². The van der Waals surface area contributed by atoms with Crippen molar-refractivity contribution in [2.75, 3.05) is 0 Å². The quantitative estimate of drug-likeness (QED) is 0.613. The second-order valence-electron chi connectivity index (χ2n) is 4.47. The number of imidazole rings is 1. The largest absolute Gasteiger partial charge is 0.295 e. The van der Waals surface area contributed by atoms with Crippen LogP contribution in [0.1, 0.15) is 11.4 Å². The van der Waals surface area contributed by atoms with Gasteiger partial charge in [-0.25, -0.2) is 4.98 Å². The zero-order chi connectivity index (χ0) is 13.4. The number of nitrogens with zero attached hydrogens (tertiary/aromatic N) is 2. The molecule has 96 valence electrons. The van der Waals surface area contributed by atoms with Crippen LogP contribution in [0, 0.1) is 6.92 Å². The van der Waals surface area contributed by atoms with Gasteiger partial charge in [0.25, 0.3) is 0 Å². The zero-order valence-corrected chi connectivity index (χ0v) is 12.7. The van der Waals surface area contributed by atoms with E-state index in [0.29, 0.717) is 5.88 Å². The summed E-state index contributed by atoms with van der Waals surface area (Å²) in [5.41, 5.74) is 4.34. The Bertz CT molecular complexity index is 749. The van der Waals surface area contributed by atoms with E-state index < -0.39 is 0 Å². The number of aromatic nitrogens is 2. The molecule has 0 aliphatic heterocycles. The lowest BCUT2D eigenvalue weighted by molar-refractivity contribution is 0.980. The van der Waals surface area contributed by atoms with Crippen molar-refractivity contribution in [3.8, 4) is 5.69 Å². The van der Waals surface area contributed by atoms with Crippen molar-refractivity contribution < 1.29 is 0 Å².